The van der Waals surface area contributed by atoms with Gasteiger partial charge in [-0.3, -0.25) is 19.2 Å². The van der Waals surface area contributed by atoms with Crippen LogP contribution < -0.4 is 25.1 Å². The second-order valence-electron chi connectivity index (χ2n) is 21.6. The molecule has 0 saturated carbocycles. The molecule has 18 N–H and O–H groups in total. The van der Waals surface area contributed by atoms with Crippen LogP contribution in [0, 0.1) is 0 Å². The number of carbonyl (C=O) groups is 3. The molecule has 10 rings (SSSR count). The number of carbonyl (C=O) groups excluding carboxylic acids is 3. The van der Waals surface area contributed by atoms with Gasteiger partial charge in [0.25, 0.3) is 5.75 Å². The Balaban J connectivity index is 0.883. The van der Waals surface area contributed by atoms with Crippen LogP contribution in [0.3, 0.4) is 0 Å². The summed E-state index contributed by atoms with van der Waals surface area (Å²) in [6, 6.07) is 12.9. The predicted octanol–water partition coefficient (Wildman–Crippen LogP) is -4.91. The van der Waals surface area contributed by atoms with Crippen molar-refractivity contribution >= 4 is 28.9 Å². The average molecular weight is 1320 g/mol. The molecular formula is C58H61O35+. The molecule has 6 heterocycles. The number of aromatic hydroxyl groups is 5. The van der Waals surface area contributed by atoms with Crippen LogP contribution in [-0.4, -0.2) is 259 Å². The summed E-state index contributed by atoms with van der Waals surface area (Å²) in [5.74, 6) is -9.93. The molecule has 3 aromatic carbocycles. The molecule has 93 heavy (non-hydrogen) atoms. The highest BCUT2D eigenvalue weighted by molar-refractivity contribution is 5.91. The van der Waals surface area contributed by atoms with E-state index in [2.05, 4.69) is 0 Å². The zero-order chi connectivity index (χ0) is 67.2. The number of aliphatic hydroxyl groups excluding tert-OH is 12. The minimum Gasteiger partial charge on any atom is -0.508 e. The van der Waals surface area contributed by atoms with E-state index in [0.29, 0.717) is 0 Å². The van der Waals surface area contributed by atoms with Gasteiger partial charge in [-0.15, -0.1) is 0 Å². The number of esters is 3. The third kappa shape index (κ3) is 13.6. The monoisotopic (exact) mass is 1320 g/mol. The fraction of sp³-hybridized carbons (Fsp3) is 0.431. The Morgan fingerprint density at radius 2 is 1.15 bits per heavy atom. The number of rotatable bonds is 18. The molecule has 0 spiro atoms. The fourth-order valence-electron chi connectivity index (χ4n) is 10.4. The summed E-state index contributed by atoms with van der Waals surface area (Å²) in [6.07, 6.45) is -41.7. The Labute approximate surface area is 519 Å². The van der Waals surface area contributed by atoms with Crippen molar-refractivity contribution in [3.05, 3.63) is 88.4 Å². The highest BCUT2D eigenvalue weighted by atomic mass is 16.8. The number of phenolic OH excluding ortho intramolecular Hbond substituents is 5. The second kappa shape index (κ2) is 27.6. The zero-order valence-electron chi connectivity index (χ0n) is 47.8. The maximum Gasteiger partial charge on any atom is 0.400 e. The summed E-state index contributed by atoms with van der Waals surface area (Å²) in [7, 11) is 0.886. The average Bonchev–Trinajstić information content (AvgIpc) is 0.810. The zero-order valence-corrected chi connectivity index (χ0v) is 47.8. The first-order chi connectivity index (χ1) is 44.2. The van der Waals surface area contributed by atoms with Gasteiger partial charge in [-0.25, -0.2) is 4.79 Å². The van der Waals surface area contributed by atoms with Gasteiger partial charge in [0.05, 0.1) is 25.9 Å². The maximum atomic E-state index is 13.5. The number of benzene rings is 4. The van der Waals surface area contributed by atoms with E-state index in [9.17, 15) is 111 Å². The molecule has 1 aliphatic carbocycles. The number of phenols is 5. The van der Waals surface area contributed by atoms with Crippen LogP contribution in [0.4, 0.5) is 0 Å². The van der Waals surface area contributed by atoms with E-state index in [4.69, 9.17) is 60.9 Å². The summed E-state index contributed by atoms with van der Waals surface area (Å²) in [4.78, 5) is 64.0. The first-order valence-corrected chi connectivity index (χ1v) is 27.9. The molecule has 35 nitrogen and oxygen atoms in total. The van der Waals surface area contributed by atoms with E-state index in [1.54, 1.807) is 0 Å². The first-order valence-electron chi connectivity index (χ1n) is 27.9. The van der Waals surface area contributed by atoms with Crippen molar-refractivity contribution in [3.8, 4) is 80.0 Å². The molecular weight excluding hydrogens is 1260 g/mol. The van der Waals surface area contributed by atoms with Gasteiger partial charge in [0.2, 0.25) is 18.9 Å². The summed E-state index contributed by atoms with van der Waals surface area (Å²) >= 11 is 0. The summed E-state index contributed by atoms with van der Waals surface area (Å²) in [6.45, 7) is -2.88. The summed E-state index contributed by atoms with van der Waals surface area (Å²) < 4.78 is 73.4. The lowest BCUT2D eigenvalue weighted by molar-refractivity contribution is -0.358. The van der Waals surface area contributed by atoms with Crippen LogP contribution in [0.15, 0.2) is 86.4 Å². The van der Waals surface area contributed by atoms with Crippen LogP contribution in [-0.2, 0) is 52.3 Å². The Morgan fingerprint density at radius 3 is 1.82 bits per heavy atom. The van der Waals surface area contributed by atoms with Gasteiger partial charge in [-0.2, -0.15) is 0 Å². The van der Waals surface area contributed by atoms with Gasteiger partial charge >= 0.3 is 23.3 Å². The predicted molar refractivity (Wildman–Crippen MR) is 295 cm³/mol. The van der Waals surface area contributed by atoms with Gasteiger partial charge in [0.15, 0.2) is 69.8 Å². The van der Waals surface area contributed by atoms with E-state index in [1.165, 1.54) is 18.2 Å². The molecule has 1 aromatic heterocycles. The molecule has 0 radical (unpaired) electrons. The van der Waals surface area contributed by atoms with Crippen molar-refractivity contribution < 1.29 is 167 Å². The van der Waals surface area contributed by atoms with Crippen LogP contribution in [0.25, 0.3) is 44.9 Å². The number of aliphatic hydroxyl groups is 12. The lowest BCUT2D eigenvalue weighted by Gasteiger charge is -2.45. The van der Waals surface area contributed by atoms with Gasteiger partial charge in [-0.1, -0.05) is 0 Å². The lowest BCUT2D eigenvalue weighted by atomic mass is 9.97. The van der Waals surface area contributed by atoms with Crippen molar-refractivity contribution in [1.82, 2.24) is 0 Å². The minimum absolute atomic E-state index is 0.000479. The standard InChI is InChI=1S/C58H60O35/c1-81-54(80)51-44(76)45(77)52(90-35(68)14-34(67)82-17-33-39(71)42(74)46(78)55(89-33)86-30-13-23-25(64)9-21(62)10-28(23)84-48(30)19-4-7-24(63)26(65)8-19)57(92-51)83-22-11-27(66)36-29(12-22)85-49(18-2-5-20(61)6-3-18)50(40(36)72)91-58-53(43(75)38(70)32(16-60)88-58)93-56-47(79)41(73)37(69)31(15-59)87-56/h2-13,31-33,37-39,41-47,51-53,55-61,63-66,69-71,73-79H,14-17H2,1H3/p+1/t31-,32-,33-,37-,38-,39-,41+,42+,43+,44+,45+,46-,47-,51+,52-,53-,55-,56+,57-,58+/m1/s1. The first kappa shape index (κ1) is 67.3. The Kier molecular flexibility index (Phi) is 19.9. The highest BCUT2D eigenvalue weighted by Gasteiger charge is 2.54. The number of methoxy groups -OCH3 is 1. The maximum absolute atomic E-state index is 13.5. The quantitative estimate of drug-likeness (QED) is 0.0126. The molecule has 4 saturated heterocycles. The SMILES string of the molecule is COC(=O)[C@H]1O[C@@H](Oc2cc(O)c3c(=[OH+])c(O[C@@H]4O[C@H](CO)[C@@H](O)[C@H](O)[C@H]4O[C@@H]4O[C@H](CO)[C@@H](O)[C@H](O)[C@H]4O)c(-c4ccc(O)cc4)oc3c2)[C@H](OC(=O)CC(=O)OC[C@H]2O[C@@H](Oc3cc4c(O)cc(=O)cc-4oc3-c3ccc(O)c(O)c3)[C@H](O)[C@@H](O)[C@@H]2O)[C@@H](O)[C@@H]1O. The fourth-order valence-corrected chi connectivity index (χ4v) is 10.4. The van der Waals surface area contributed by atoms with Crippen LogP contribution in [0.5, 0.6) is 46.0 Å². The molecule has 4 aromatic rings. The topological polar surface area (TPSA) is 561 Å². The van der Waals surface area contributed by atoms with Crippen LogP contribution >= 0.6 is 0 Å². The molecule has 4 fully saturated rings. The third-order valence-electron chi connectivity index (χ3n) is 15.4. The molecule has 0 bridgehead atoms. The van der Waals surface area contributed by atoms with E-state index in [1.807, 2.05) is 0 Å². The minimum atomic E-state index is -2.32. The van der Waals surface area contributed by atoms with E-state index >= 15 is 0 Å². The molecule has 502 valence electrons. The van der Waals surface area contributed by atoms with Crippen LogP contribution in [0.2, 0.25) is 0 Å². The van der Waals surface area contributed by atoms with Gasteiger partial charge in [0, 0.05) is 35.4 Å². The summed E-state index contributed by atoms with van der Waals surface area (Å²) in [5, 5.41) is 181. The second-order valence-corrected chi connectivity index (χ2v) is 21.6. The van der Waals surface area contributed by atoms with Gasteiger partial charge in [0.1, 0.15) is 121 Å². The van der Waals surface area contributed by atoms with Crippen molar-refractivity contribution in [2.45, 2.75) is 129 Å². The van der Waals surface area contributed by atoms with Crippen molar-refractivity contribution in [3.63, 3.8) is 0 Å². The normalized spacial score (nSPS) is 31.3. The number of fused-ring (bicyclic) bond motifs is 2. The van der Waals surface area contributed by atoms with E-state index in [-0.39, 0.29) is 39.7 Å². The largest absolute Gasteiger partial charge is 0.508 e. The molecule has 20 atom stereocenters. The molecule has 5 aliphatic heterocycles. The molecule has 35 heteroatoms. The Hall–Kier alpha value is -8.57. The van der Waals surface area contributed by atoms with Crippen LogP contribution in [0.1, 0.15) is 6.42 Å². The smallest absolute Gasteiger partial charge is 0.400 e. The highest BCUT2D eigenvalue weighted by Crippen LogP contribution is 2.44. The van der Waals surface area contributed by atoms with E-state index in [0.717, 1.165) is 61.7 Å². The van der Waals surface area contributed by atoms with Gasteiger partial charge < -0.3 is 148 Å². The molecule has 0 amide bonds. The molecule has 0 unspecified atom stereocenters. The number of ether oxygens (including phenoxy) is 11. The lowest BCUT2D eigenvalue weighted by Crippen LogP contribution is -2.65. The van der Waals surface area contributed by atoms with E-state index < -0.39 is 229 Å². The third-order valence-corrected chi connectivity index (χ3v) is 15.4. The number of hydrogen-bond donors (Lipinski definition) is 17. The van der Waals surface area contributed by atoms with Crippen molar-refractivity contribution in [1.29, 1.82) is 0 Å². The Bertz CT molecular complexity index is 3780. The number of hydrogen-bond acceptors (Lipinski definition) is 34. The van der Waals surface area contributed by atoms with Gasteiger partial charge in [-0.05, 0) is 48.5 Å². The van der Waals surface area contributed by atoms with Crippen molar-refractivity contribution in [2.75, 3.05) is 26.9 Å². The van der Waals surface area contributed by atoms with Crippen molar-refractivity contribution in [2.24, 2.45) is 0 Å². The molecule has 6 aliphatic rings. The Morgan fingerprint density at radius 1 is 0.538 bits per heavy atom. The summed E-state index contributed by atoms with van der Waals surface area (Å²) in [5.41, 5.74) is -2.34.